The number of carboxylic acid groups (broad SMARTS) is 2. The molecule has 2 bridgehead atoms. The van der Waals surface area contributed by atoms with Crippen LogP contribution in [0.25, 0.3) is 0 Å². The van der Waals surface area contributed by atoms with Crippen molar-refractivity contribution in [3.05, 3.63) is 29.3 Å². The highest BCUT2D eigenvalue weighted by Gasteiger charge is 2.37. The van der Waals surface area contributed by atoms with Crippen LogP contribution in [0.2, 0.25) is 0 Å². The van der Waals surface area contributed by atoms with E-state index in [1.807, 2.05) is 0 Å². The fourth-order valence-electron chi connectivity index (χ4n) is 4.49. The van der Waals surface area contributed by atoms with Crippen LogP contribution in [0.3, 0.4) is 0 Å². The van der Waals surface area contributed by atoms with Crippen LogP contribution in [0.1, 0.15) is 48.0 Å². The van der Waals surface area contributed by atoms with Gasteiger partial charge in [-0.2, -0.15) is 26.3 Å². The number of carbonyl (C=O) groups is 7. The molecule has 0 aliphatic carbocycles. The van der Waals surface area contributed by atoms with Crippen molar-refractivity contribution in [3.63, 3.8) is 0 Å². The second kappa shape index (κ2) is 20.3. The summed E-state index contributed by atoms with van der Waals surface area (Å²) in [6, 6.07) is 4.09. The number of benzene rings is 1. The Hall–Kier alpha value is -4.60. The smallest absolute Gasteiger partial charge is 0.430 e. The summed E-state index contributed by atoms with van der Waals surface area (Å²) >= 11 is 0. The predicted octanol–water partition coefficient (Wildman–Crippen LogP) is -2.65. The van der Waals surface area contributed by atoms with Crippen molar-refractivity contribution in [3.8, 4) is 0 Å². The number of halogens is 6. The van der Waals surface area contributed by atoms with Gasteiger partial charge < -0.3 is 51.7 Å². The van der Waals surface area contributed by atoms with Crippen molar-refractivity contribution in [2.75, 3.05) is 44.0 Å². The summed E-state index contributed by atoms with van der Waals surface area (Å²) < 4.78 is 63.1. The molecule has 2 atom stereocenters. The van der Waals surface area contributed by atoms with Crippen molar-refractivity contribution >= 4 is 58.1 Å². The normalized spacial score (nSPS) is 19.7. The number of aliphatic carboxylic acids is 2. The van der Waals surface area contributed by atoms with E-state index in [9.17, 15) is 50.3 Å². The molecule has 1 aromatic carbocycles. The van der Waals surface area contributed by atoms with E-state index in [0.29, 0.717) is 55.8 Å². The van der Waals surface area contributed by atoms with Crippen LogP contribution in [0.15, 0.2) is 18.2 Å². The molecule has 3 rings (SSSR count). The number of alkyl halides is 6. The minimum atomic E-state index is -5.19. The van der Waals surface area contributed by atoms with Gasteiger partial charge >= 0.3 is 12.4 Å². The van der Waals surface area contributed by atoms with E-state index in [2.05, 4.69) is 39.5 Å². The first-order valence-corrected chi connectivity index (χ1v) is 17.2. The van der Waals surface area contributed by atoms with Gasteiger partial charge in [-0.05, 0) is 48.7 Å². The van der Waals surface area contributed by atoms with E-state index in [1.165, 1.54) is 0 Å². The van der Waals surface area contributed by atoms with E-state index in [1.54, 1.807) is 23.1 Å². The van der Waals surface area contributed by atoms with Gasteiger partial charge in [0.2, 0.25) is 17.7 Å². The number of anilines is 1. The lowest BCUT2D eigenvalue weighted by Crippen LogP contribution is -2.68. The Morgan fingerprint density at radius 3 is 1.96 bits per heavy atom. The zero-order valence-electron chi connectivity index (χ0n) is 27.5. The topological polar surface area (TPSA) is 245 Å². The van der Waals surface area contributed by atoms with Crippen molar-refractivity contribution in [2.45, 2.75) is 62.3 Å². The molecule has 1 aromatic rings. The fourth-order valence-corrected chi connectivity index (χ4v) is 5.37. The highest BCUT2D eigenvalue weighted by molar-refractivity contribution is 7.94. The molecular formula is C29H38F6N6O9S. The van der Waals surface area contributed by atoms with E-state index in [0.717, 1.165) is 12.0 Å². The average Bonchev–Trinajstić information content (AvgIpc) is 3.52. The number of nitrogens with zero attached hydrogens (tertiary/aromatic N) is 1. The third kappa shape index (κ3) is 16.3. The van der Waals surface area contributed by atoms with Gasteiger partial charge in [-0.25, -0.2) is 0 Å². The summed E-state index contributed by atoms with van der Waals surface area (Å²) in [6.45, 7) is 0.441. The highest BCUT2D eigenvalue weighted by Crippen LogP contribution is 2.23. The van der Waals surface area contributed by atoms with E-state index >= 15 is 0 Å². The molecule has 2 heterocycles. The number of amides is 5. The summed E-state index contributed by atoms with van der Waals surface area (Å²) in [5.41, 5.74) is 5.63. The first kappa shape index (κ1) is 44.4. The maximum absolute atomic E-state index is 13.2. The third-order valence-corrected chi connectivity index (χ3v) is 7.76. The van der Waals surface area contributed by atoms with E-state index < -0.39 is 48.2 Å². The summed E-state index contributed by atoms with van der Waals surface area (Å²) in [5, 5.41) is 28.3. The molecule has 0 saturated carbocycles. The Balaban J connectivity index is 0.000000780. The standard InChI is InChI=1S/C25H36N6O5S.2C2HF3O2/c1-37(2)15-16-8-9-17-12-18(16)23(34)29-14-22(33)28-13-21(32)27-10-4-3-6-19(26)25(36)31-11-5-7-20(31)24(35)30-17;2*3-2(4,5)1(6)7/h8-9,12,19-20H,3-7,10-11,13-15,26H2,1-2H3,(H3-,27,28,29,30,32,33,34,35);2*(H,6,7)/t19-,20-;;/m0../s1. The number of carbonyl (C=O) groups excluding carboxylic acids is 7. The zero-order valence-corrected chi connectivity index (χ0v) is 28.3. The molecule has 7 N–H and O–H groups in total. The second-order valence-electron chi connectivity index (χ2n) is 11.3. The monoisotopic (exact) mass is 760 g/mol. The maximum Gasteiger partial charge on any atom is 0.430 e. The van der Waals surface area contributed by atoms with E-state index in [-0.39, 0.29) is 41.7 Å². The van der Waals surface area contributed by atoms with Gasteiger partial charge in [-0.3, -0.25) is 24.0 Å². The fraction of sp³-hybridized carbons (Fsp3) is 0.552. The Bertz CT molecular complexity index is 1400. The molecule has 1 saturated heterocycles. The van der Waals surface area contributed by atoms with Crippen LogP contribution in [-0.2, 0) is 45.4 Å². The van der Waals surface area contributed by atoms with Crippen LogP contribution in [0, 0.1) is 0 Å². The highest BCUT2D eigenvalue weighted by atomic mass is 32.2. The van der Waals surface area contributed by atoms with Crippen LogP contribution in [-0.4, -0.2) is 110 Å². The summed E-state index contributed by atoms with van der Waals surface area (Å²) in [6.07, 6.45) is -3.07. The largest absolute Gasteiger partial charge is 0.542 e. The molecule has 5 amide bonds. The van der Waals surface area contributed by atoms with Gasteiger partial charge in [0.05, 0.1) is 25.6 Å². The van der Waals surface area contributed by atoms with Crippen molar-refractivity contribution in [1.82, 2.24) is 20.9 Å². The Morgan fingerprint density at radius 1 is 0.863 bits per heavy atom. The molecule has 22 heteroatoms. The summed E-state index contributed by atoms with van der Waals surface area (Å²) in [5.74, 6) is -7.05. The van der Waals surface area contributed by atoms with Gasteiger partial charge in [0.15, 0.2) is 6.04 Å². The lowest BCUT2D eigenvalue weighted by Gasteiger charge is -2.25. The van der Waals surface area contributed by atoms with Crippen molar-refractivity contribution in [1.29, 1.82) is 0 Å². The van der Waals surface area contributed by atoms with Crippen LogP contribution < -0.4 is 37.2 Å². The van der Waals surface area contributed by atoms with Crippen LogP contribution in [0.5, 0.6) is 0 Å². The third-order valence-electron chi connectivity index (χ3n) is 6.87. The maximum atomic E-state index is 13.2. The van der Waals surface area contributed by atoms with Crippen LogP contribution >= 0.6 is 0 Å². The SMILES string of the molecule is C[S+](C)Cc1ccc2cc1C(=O)NCC(=O)NCC(=O)NCCCC[C@H]([NH3+])C(=O)N1CCC[C@H]1C(=O)N2.O=C([O-])C(F)(F)F.O=C([O-])C(F)(F)F. The molecule has 0 unspecified atom stereocenters. The summed E-state index contributed by atoms with van der Waals surface area (Å²) in [4.78, 5) is 82.6. The first-order chi connectivity index (χ1) is 23.5. The minimum Gasteiger partial charge on any atom is -0.542 e. The molecular weight excluding hydrogens is 722 g/mol. The second-order valence-corrected chi connectivity index (χ2v) is 13.5. The quantitative estimate of drug-likeness (QED) is 0.156. The van der Waals surface area contributed by atoms with Gasteiger partial charge in [0, 0.05) is 36.3 Å². The Morgan fingerprint density at radius 2 is 1.41 bits per heavy atom. The predicted molar refractivity (Wildman–Crippen MR) is 164 cm³/mol. The number of nitrogens with one attached hydrogen (secondary N) is 4. The van der Waals surface area contributed by atoms with Gasteiger partial charge in [0.1, 0.15) is 23.7 Å². The number of fused-ring (bicyclic) bond motifs is 3. The molecule has 0 aromatic heterocycles. The molecule has 0 radical (unpaired) electrons. The average molecular weight is 761 g/mol. The van der Waals surface area contributed by atoms with Crippen LogP contribution in [0.4, 0.5) is 32.0 Å². The molecule has 2 aliphatic rings. The lowest BCUT2D eigenvalue weighted by molar-refractivity contribution is -0.407. The molecule has 1 fully saturated rings. The lowest BCUT2D eigenvalue weighted by atomic mass is 10.1. The van der Waals surface area contributed by atoms with E-state index in [4.69, 9.17) is 19.8 Å². The van der Waals surface area contributed by atoms with Gasteiger partial charge in [0.25, 0.3) is 11.8 Å². The number of quaternary nitrogens is 1. The van der Waals surface area contributed by atoms with Crippen molar-refractivity contribution < 1.29 is 75.9 Å². The zero-order chi connectivity index (χ0) is 39.1. The van der Waals surface area contributed by atoms with Gasteiger partial charge in [-0.1, -0.05) is 6.07 Å². The Labute approximate surface area is 290 Å². The van der Waals surface area contributed by atoms with Crippen molar-refractivity contribution in [2.24, 2.45) is 0 Å². The number of carboxylic acids is 2. The number of rotatable bonds is 2. The minimum absolute atomic E-state index is 0.0125. The molecule has 0 spiro atoms. The first-order valence-electron chi connectivity index (χ1n) is 15.0. The Kier molecular flexibility index (Phi) is 17.7. The molecule has 15 nitrogen and oxygen atoms in total. The number of hydrogen-bond donors (Lipinski definition) is 5. The van der Waals surface area contributed by atoms with Gasteiger partial charge in [-0.15, -0.1) is 0 Å². The molecule has 2 aliphatic heterocycles. The number of hydrogen-bond acceptors (Lipinski definition) is 9. The molecule has 51 heavy (non-hydrogen) atoms. The molecule has 286 valence electrons. The summed E-state index contributed by atoms with van der Waals surface area (Å²) in [7, 11) is 0.0125.